The van der Waals surface area contributed by atoms with Crippen LogP contribution in [0.3, 0.4) is 0 Å². The number of rotatable bonds is 6. The van der Waals surface area contributed by atoms with Crippen LogP contribution >= 0.6 is 0 Å². The van der Waals surface area contributed by atoms with Gasteiger partial charge >= 0.3 is 5.97 Å². The topological polar surface area (TPSA) is 118 Å². The number of nitrogens with zero attached hydrogens (tertiary/aromatic N) is 1. The Hall–Kier alpha value is -2.87. The number of carboxylic acids is 1. The molecule has 8 heteroatoms. The Balaban J connectivity index is 1.96. The van der Waals surface area contributed by atoms with Crippen molar-refractivity contribution < 1.29 is 23.1 Å². The van der Waals surface area contributed by atoms with Crippen LogP contribution in [0.4, 0.5) is 5.69 Å². The summed E-state index contributed by atoms with van der Waals surface area (Å²) in [6.07, 6.45) is 0.517. The Bertz CT molecular complexity index is 954. The minimum atomic E-state index is -3.98. The predicted octanol–water partition coefficient (Wildman–Crippen LogP) is 1.31. The van der Waals surface area contributed by atoms with Crippen LogP contribution in [0.2, 0.25) is 0 Å². The van der Waals surface area contributed by atoms with Gasteiger partial charge in [-0.3, -0.25) is 13.9 Å². The monoisotopic (exact) mass is 374 g/mol. The third-order valence-electron chi connectivity index (χ3n) is 4.36. The average molecular weight is 374 g/mol. The Morgan fingerprint density at radius 2 is 1.77 bits per heavy atom. The summed E-state index contributed by atoms with van der Waals surface area (Å²) in [4.78, 5) is 22.5. The zero-order valence-electron chi connectivity index (χ0n) is 13.8. The number of aryl methyl sites for hydroxylation is 1. The van der Waals surface area contributed by atoms with Crippen molar-refractivity contribution in [3.63, 3.8) is 0 Å². The fourth-order valence-corrected chi connectivity index (χ4v) is 4.72. The van der Waals surface area contributed by atoms with Gasteiger partial charge in [-0.05, 0) is 35.7 Å². The van der Waals surface area contributed by atoms with Gasteiger partial charge in [-0.25, -0.2) is 8.42 Å². The third kappa shape index (κ3) is 3.28. The van der Waals surface area contributed by atoms with E-state index in [4.69, 9.17) is 10.8 Å². The number of benzene rings is 2. The van der Waals surface area contributed by atoms with E-state index >= 15 is 0 Å². The molecule has 2 aromatic carbocycles. The standard InChI is InChI=1S/C18H18N2O5S/c19-18(23)16-11-13-3-1-2-4-15(13)20(16)26(24,25)14-8-5-12(6-9-14)7-10-17(21)22/h1-6,8-9,16H,7,10-11H2,(H2,19,23)(H,21,22)/t16-/m0/s1. The van der Waals surface area contributed by atoms with Gasteiger partial charge in [0.15, 0.2) is 0 Å². The van der Waals surface area contributed by atoms with Gasteiger partial charge in [0.25, 0.3) is 10.0 Å². The summed E-state index contributed by atoms with van der Waals surface area (Å²) in [5.74, 6) is -1.62. The average Bonchev–Trinajstić information content (AvgIpc) is 3.01. The van der Waals surface area contributed by atoms with Gasteiger partial charge in [-0.2, -0.15) is 0 Å². The molecule has 1 aliphatic rings. The lowest BCUT2D eigenvalue weighted by molar-refractivity contribution is -0.137. The molecular weight excluding hydrogens is 356 g/mol. The van der Waals surface area contributed by atoms with Gasteiger partial charge < -0.3 is 10.8 Å². The van der Waals surface area contributed by atoms with E-state index in [9.17, 15) is 18.0 Å². The summed E-state index contributed by atoms with van der Waals surface area (Å²) < 4.78 is 27.3. The van der Waals surface area contributed by atoms with Gasteiger partial charge in [-0.1, -0.05) is 30.3 Å². The normalized spacial score (nSPS) is 16.3. The first-order valence-corrected chi connectivity index (χ1v) is 9.47. The van der Waals surface area contributed by atoms with Crippen LogP contribution in [0, 0.1) is 0 Å². The second-order valence-electron chi connectivity index (χ2n) is 6.09. The lowest BCUT2D eigenvalue weighted by Crippen LogP contribution is -2.45. The molecule has 1 amide bonds. The number of nitrogens with two attached hydrogens (primary N) is 1. The molecule has 0 unspecified atom stereocenters. The molecular formula is C18H18N2O5S. The summed E-state index contributed by atoms with van der Waals surface area (Å²) in [6, 6.07) is 12.0. The number of carboxylic acid groups (broad SMARTS) is 1. The van der Waals surface area contributed by atoms with Crippen LogP contribution in [0.5, 0.6) is 0 Å². The second kappa shape index (κ2) is 6.80. The van der Waals surface area contributed by atoms with Crippen LogP contribution in [-0.2, 0) is 32.5 Å². The zero-order valence-corrected chi connectivity index (χ0v) is 14.6. The molecule has 26 heavy (non-hydrogen) atoms. The van der Waals surface area contributed by atoms with Crippen LogP contribution in [0.1, 0.15) is 17.5 Å². The van der Waals surface area contributed by atoms with Gasteiger partial charge in [-0.15, -0.1) is 0 Å². The SMILES string of the molecule is NC(=O)[C@@H]1Cc2ccccc2N1S(=O)(=O)c1ccc(CCC(=O)O)cc1. The third-order valence-corrected chi connectivity index (χ3v) is 6.20. The van der Waals surface area contributed by atoms with E-state index in [0.29, 0.717) is 12.1 Å². The number of primary amides is 1. The molecule has 2 aromatic rings. The first-order chi connectivity index (χ1) is 12.3. The summed E-state index contributed by atoms with van der Waals surface area (Å²) in [5, 5.41) is 8.73. The van der Waals surface area contributed by atoms with Crippen molar-refractivity contribution in [2.24, 2.45) is 5.73 Å². The molecule has 1 aliphatic heterocycles. The summed E-state index contributed by atoms with van der Waals surface area (Å²) >= 11 is 0. The van der Waals surface area contributed by atoms with Crippen molar-refractivity contribution in [2.45, 2.75) is 30.2 Å². The molecule has 0 radical (unpaired) electrons. The molecule has 0 aromatic heterocycles. The molecule has 3 rings (SSSR count). The maximum Gasteiger partial charge on any atom is 0.303 e. The summed E-state index contributed by atoms with van der Waals surface area (Å²) in [7, 11) is -3.98. The Labute approximate surface area is 151 Å². The maximum atomic E-state index is 13.1. The number of aliphatic carboxylic acids is 1. The highest BCUT2D eigenvalue weighted by atomic mass is 32.2. The number of fused-ring (bicyclic) bond motifs is 1. The van der Waals surface area contributed by atoms with Crippen molar-refractivity contribution in [3.8, 4) is 0 Å². The van der Waals surface area contributed by atoms with E-state index in [-0.39, 0.29) is 17.7 Å². The largest absolute Gasteiger partial charge is 0.481 e. The lowest BCUT2D eigenvalue weighted by Gasteiger charge is -2.25. The highest BCUT2D eigenvalue weighted by Gasteiger charge is 2.41. The van der Waals surface area contributed by atoms with E-state index in [1.54, 1.807) is 36.4 Å². The van der Waals surface area contributed by atoms with Crippen LogP contribution in [-0.4, -0.2) is 31.4 Å². The number of amides is 1. The molecule has 0 aliphatic carbocycles. The van der Waals surface area contributed by atoms with Gasteiger partial charge in [0.2, 0.25) is 5.91 Å². The van der Waals surface area contributed by atoms with Crippen LogP contribution in [0.25, 0.3) is 0 Å². The van der Waals surface area contributed by atoms with Gasteiger partial charge in [0, 0.05) is 12.8 Å². The van der Waals surface area contributed by atoms with E-state index < -0.39 is 27.9 Å². The number of anilines is 1. The molecule has 0 saturated heterocycles. The fourth-order valence-electron chi connectivity index (χ4n) is 3.06. The number of sulfonamides is 1. The number of hydrogen-bond acceptors (Lipinski definition) is 4. The molecule has 0 spiro atoms. The molecule has 0 saturated carbocycles. The van der Waals surface area contributed by atoms with Gasteiger partial charge in [0.1, 0.15) is 6.04 Å². The van der Waals surface area contributed by atoms with Gasteiger partial charge in [0.05, 0.1) is 10.6 Å². The molecule has 7 nitrogen and oxygen atoms in total. The predicted molar refractivity (Wildman–Crippen MR) is 95.2 cm³/mol. The van der Waals surface area contributed by atoms with E-state index in [2.05, 4.69) is 0 Å². The van der Waals surface area contributed by atoms with Crippen molar-refractivity contribution in [3.05, 3.63) is 59.7 Å². The first-order valence-electron chi connectivity index (χ1n) is 8.03. The molecule has 1 atom stereocenters. The quantitative estimate of drug-likeness (QED) is 0.790. The van der Waals surface area contributed by atoms with E-state index in [0.717, 1.165) is 15.4 Å². The van der Waals surface area contributed by atoms with Crippen molar-refractivity contribution in [1.29, 1.82) is 0 Å². The summed E-state index contributed by atoms with van der Waals surface area (Å²) in [5.41, 5.74) is 7.35. The maximum absolute atomic E-state index is 13.1. The van der Waals surface area contributed by atoms with Crippen molar-refractivity contribution >= 4 is 27.6 Å². The Kier molecular flexibility index (Phi) is 4.69. The lowest BCUT2D eigenvalue weighted by atomic mass is 10.1. The number of hydrogen-bond donors (Lipinski definition) is 2. The van der Waals surface area contributed by atoms with E-state index in [1.807, 2.05) is 0 Å². The molecule has 0 fully saturated rings. The zero-order chi connectivity index (χ0) is 18.9. The fraction of sp³-hybridized carbons (Fsp3) is 0.222. The Morgan fingerprint density at radius 3 is 2.38 bits per heavy atom. The second-order valence-corrected chi connectivity index (χ2v) is 7.90. The Morgan fingerprint density at radius 1 is 1.12 bits per heavy atom. The molecule has 1 heterocycles. The highest BCUT2D eigenvalue weighted by molar-refractivity contribution is 7.93. The first kappa shape index (κ1) is 17.9. The van der Waals surface area contributed by atoms with Crippen LogP contribution < -0.4 is 10.0 Å². The number of carbonyl (C=O) groups excluding carboxylic acids is 1. The van der Waals surface area contributed by atoms with E-state index in [1.165, 1.54) is 12.1 Å². The summed E-state index contributed by atoms with van der Waals surface area (Å²) in [6.45, 7) is 0. The number of para-hydroxylation sites is 1. The highest BCUT2D eigenvalue weighted by Crippen LogP contribution is 2.36. The minimum Gasteiger partial charge on any atom is -0.481 e. The van der Waals surface area contributed by atoms with Crippen molar-refractivity contribution in [1.82, 2.24) is 0 Å². The molecule has 136 valence electrons. The smallest absolute Gasteiger partial charge is 0.303 e. The molecule has 3 N–H and O–H groups in total. The molecule has 0 bridgehead atoms. The van der Waals surface area contributed by atoms with Crippen LogP contribution in [0.15, 0.2) is 53.4 Å². The van der Waals surface area contributed by atoms with Crippen molar-refractivity contribution in [2.75, 3.05) is 4.31 Å². The minimum absolute atomic E-state index is 0.0273. The number of carbonyl (C=O) groups is 2.